The summed E-state index contributed by atoms with van der Waals surface area (Å²) >= 11 is 0. The number of ether oxygens (including phenoxy) is 1. The first-order valence-corrected chi connectivity index (χ1v) is 10.8. The highest BCUT2D eigenvalue weighted by Crippen LogP contribution is 2.27. The van der Waals surface area contributed by atoms with Crippen LogP contribution in [0.1, 0.15) is 5.56 Å². The van der Waals surface area contributed by atoms with Crippen molar-refractivity contribution in [2.24, 2.45) is 5.10 Å². The number of aromatic nitrogens is 5. The highest BCUT2D eigenvalue weighted by molar-refractivity contribution is 5.99. The Labute approximate surface area is 189 Å². The highest BCUT2D eigenvalue weighted by Gasteiger charge is 2.18. The molecule has 4 aromatic heterocycles. The number of morpholine rings is 1. The number of anilines is 2. The summed E-state index contributed by atoms with van der Waals surface area (Å²) in [5.74, 6) is 0.638. The van der Waals surface area contributed by atoms with E-state index in [0.29, 0.717) is 19.0 Å². The predicted octanol–water partition coefficient (Wildman–Crippen LogP) is 3.56. The molecular formula is C24H22N8O. The van der Waals surface area contributed by atoms with Crippen LogP contribution in [0.25, 0.3) is 27.8 Å². The quantitative estimate of drug-likeness (QED) is 0.322. The molecule has 164 valence electrons. The van der Waals surface area contributed by atoms with Gasteiger partial charge in [0.05, 0.1) is 37.0 Å². The maximum atomic E-state index is 5.55. The van der Waals surface area contributed by atoms with Crippen molar-refractivity contribution in [1.82, 2.24) is 24.6 Å². The van der Waals surface area contributed by atoms with E-state index in [4.69, 9.17) is 14.8 Å². The van der Waals surface area contributed by atoms with Gasteiger partial charge in [-0.05, 0) is 18.2 Å². The zero-order valence-electron chi connectivity index (χ0n) is 17.8. The zero-order valence-corrected chi connectivity index (χ0v) is 17.8. The summed E-state index contributed by atoms with van der Waals surface area (Å²) < 4.78 is 7.36. The van der Waals surface area contributed by atoms with E-state index in [1.807, 2.05) is 53.3 Å². The van der Waals surface area contributed by atoms with Gasteiger partial charge in [0.2, 0.25) is 0 Å². The fourth-order valence-corrected chi connectivity index (χ4v) is 4.08. The number of benzene rings is 1. The van der Waals surface area contributed by atoms with Crippen LogP contribution in [0.4, 0.5) is 11.5 Å². The molecule has 1 saturated heterocycles. The molecule has 2 N–H and O–H groups in total. The Kier molecular flexibility index (Phi) is 4.93. The third-order valence-electron chi connectivity index (χ3n) is 5.74. The van der Waals surface area contributed by atoms with Crippen molar-refractivity contribution in [1.29, 1.82) is 0 Å². The average Bonchev–Trinajstić information content (AvgIpc) is 3.49. The molecular weight excluding hydrogens is 416 g/mol. The number of imidazole rings is 1. The van der Waals surface area contributed by atoms with Crippen LogP contribution in [-0.2, 0) is 4.74 Å². The maximum absolute atomic E-state index is 5.55. The summed E-state index contributed by atoms with van der Waals surface area (Å²) in [6.45, 7) is 2.98. The number of hydrazone groups is 1. The molecule has 1 aliphatic rings. The third kappa shape index (κ3) is 3.79. The van der Waals surface area contributed by atoms with E-state index in [-0.39, 0.29) is 0 Å². The van der Waals surface area contributed by atoms with Gasteiger partial charge in [-0.15, -0.1) is 5.10 Å². The molecule has 6 rings (SSSR count). The molecule has 0 bridgehead atoms. The van der Waals surface area contributed by atoms with Crippen LogP contribution in [0.3, 0.4) is 0 Å². The number of pyridine rings is 1. The van der Waals surface area contributed by atoms with Crippen LogP contribution in [0.2, 0.25) is 0 Å². The minimum atomic E-state index is 0.638. The molecule has 9 heteroatoms. The van der Waals surface area contributed by atoms with Gasteiger partial charge in [-0.25, -0.2) is 9.50 Å². The fraction of sp³-hybridized carbons (Fsp3) is 0.167. The molecule has 0 spiro atoms. The van der Waals surface area contributed by atoms with Gasteiger partial charge in [0.15, 0.2) is 11.5 Å². The molecule has 1 aliphatic heterocycles. The van der Waals surface area contributed by atoms with Crippen molar-refractivity contribution < 1.29 is 4.74 Å². The van der Waals surface area contributed by atoms with Gasteiger partial charge in [0.25, 0.3) is 0 Å². The summed E-state index contributed by atoms with van der Waals surface area (Å²) in [5.41, 5.74) is 8.83. The van der Waals surface area contributed by atoms with Crippen LogP contribution in [-0.4, -0.2) is 57.1 Å². The summed E-state index contributed by atoms with van der Waals surface area (Å²) in [6.07, 6.45) is 9.21. The molecule has 0 atom stereocenters. The molecule has 1 fully saturated rings. The predicted molar refractivity (Wildman–Crippen MR) is 129 cm³/mol. The van der Waals surface area contributed by atoms with Crippen LogP contribution >= 0.6 is 0 Å². The first kappa shape index (κ1) is 19.4. The number of nitrogens with one attached hydrogen (secondary N) is 2. The van der Waals surface area contributed by atoms with Crippen LogP contribution < -0.4 is 10.3 Å². The Hall–Kier alpha value is -4.24. The van der Waals surface area contributed by atoms with Gasteiger partial charge in [-0.2, -0.15) is 5.10 Å². The summed E-state index contributed by atoms with van der Waals surface area (Å²) in [7, 11) is 0. The normalized spacial score (nSPS) is 14.5. The number of nitrogens with zero attached hydrogens (tertiary/aromatic N) is 6. The standard InChI is InChI=1S/C24H22N8O/c1-2-4-20-19(3-1)18(14-26-20)15-27-29-23-13-22(31-9-11-33-12-10-31)24-28-21(16-32(24)30-23)17-5-7-25-8-6-17/h1-8,13-16,26H,9-12H2,(H,29,30)/b27-15-. The molecule has 0 saturated carbocycles. The SMILES string of the molecule is C(=N/Nc1cc(N2CCOCC2)c2nc(-c3ccncc3)cn2n1)/c1c[nH]c2ccccc12. The number of hydrogen-bond donors (Lipinski definition) is 2. The third-order valence-corrected chi connectivity index (χ3v) is 5.74. The van der Waals surface area contributed by atoms with Crippen molar-refractivity contribution in [2.45, 2.75) is 0 Å². The molecule has 0 aliphatic carbocycles. The first-order chi connectivity index (χ1) is 16.3. The molecule has 5 heterocycles. The van der Waals surface area contributed by atoms with Gasteiger partial charge in [-0.3, -0.25) is 10.4 Å². The Balaban J connectivity index is 1.36. The lowest BCUT2D eigenvalue weighted by atomic mass is 10.2. The number of hydrogen-bond acceptors (Lipinski definition) is 7. The Morgan fingerprint density at radius 1 is 1.09 bits per heavy atom. The van der Waals surface area contributed by atoms with E-state index >= 15 is 0 Å². The topological polar surface area (TPSA) is 95.7 Å². The number of para-hydroxylation sites is 1. The number of rotatable bonds is 5. The second kappa shape index (κ2) is 8.36. The van der Waals surface area contributed by atoms with E-state index in [1.54, 1.807) is 18.6 Å². The fourth-order valence-electron chi connectivity index (χ4n) is 4.08. The van der Waals surface area contributed by atoms with Crippen molar-refractivity contribution in [2.75, 3.05) is 36.6 Å². The monoisotopic (exact) mass is 438 g/mol. The van der Waals surface area contributed by atoms with Crippen LogP contribution in [0.15, 0.2) is 72.4 Å². The molecule has 33 heavy (non-hydrogen) atoms. The van der Waals surface area contributed by atoms with Crippen molar-refractivity contribution >= 4 is 34.3 Å². The second-order valence-corrected chi connectivity index (χ2v) is 7.80. The summed E-state index contributed by atoms with van der Waals surface area (Å²) in [6, 6.07) is 14.0. The van der Waals surface area contributed by atoms with Gasteiger partial charge in [0, 0.05) is 59.8 Å². The van der Waals surface area contributed by atoms with Crippen molar-refractivity contribution in [3.05, 3.63) is 72.8 Å². The lowest BCUT2D eigenvalue weighted by molar-refractivity contribution is 0.123. The number of aromatic amines is 1. The molecule has 0 radical (unpaired) electrons. The van der Waals surface area contributed by atoms with Gasteiger partial charge < -0.3 is 14.6 Å². The lowest BCUT2D eigenvalue weighted by Gasteiger charge is -2.29. The minimum Gasteiger partial charge on any atom is -0.378 e. The van der Waals surface area contributed by atoms with Crippen LogP contribution in [0, 0.1) is 0 Å². The largest absolute Gasteiger partial charge is 0.378 e. The smallest absolute Gasteiger partial charge is 0.177 e. The van der Waals surface area contributed by atoms with Gasteiger partial charge in [0.1, 0.15) is 0 Å². The number of H-pyrrole nitrogens is 1. The summed E-state index contributed by atoms with van der Waals surface area (Å²) in [5, 5.41) is 10.3. The minimum absolute atomic E-state index is 0.638. The summed E-state index contributed by atoms with van der Waals surface area (Å²) in [4.78, 5) is 14.5. The maximum Gasteiger partial charge on any atom is 0.177 e. The molecule has 0 unspecified atom stereocenters. The molecule has 5 aromatic rings. The van der Waals surface area contributed by atoms with E-state index in [1.165, 1.54) is 0 Å². The molecule has 1 aromatic carbocycles. The average molecular weight is 438 g/mol. The Morgan fingerprint density at radius 2 is 1.94 bits per heavy atom. The van der Waals surface area contributed by atoms with Gasteiger partial charge >= 0.3 is 0 Å². The Morgan fingerprint density at radius 3 is 2.82 bits per heavy atom. The first-order valence-electron chi connectivity index (χ1n) is 10.8. The second-order valence-electron chi connectivity index (χ2n) is 7.80. The van der Waals surface area contributed by atoms with E-state index in [0.717, 1.165) is 52.1 Å². The van der Waals surface area contributed by atoms with Crippen LogP contribution in [0.5, 0.6) is 0 Å². The Bertz CT molecular complexity index is 1430. The molecule has 0 amide bonds. The molecule has 9 nitrogen and oxygen atoms in total. The van der Waals surface area contributed by atoms with E-state index in [2.05, 4.69) is 31.5 Å². The van der Waals surface area contributed by atoms with E-state index in [9.17, 15) is 0 Å². The zero-order chi connectivity index (χ0) is 22.0. The lowest BCUT2D eigenvalue weighted by Crippen LogP contribution is -2.36. The highest BCUT2D eigenvalue weighted by atomic mass is 16.5. The van der Waals surface area contributed by atoms with Crippen molar-refractivity contribution in [3.63, 3.8) is 0 Å². The van der Waals surface area contributed by atoms with Gasteiger partial charge in [-0.1, -0.05) is 18.2 Å². The van der Waals surface area contributed by atoms with Crippen molar-refractivity contribution in [3.8, 4) is 11.3 Å². The number of fused-ring (bicyclic) bond motifs is 2. The van der Waals surface area contributed by atoms with E-state index < -0.39 is 0 Å².